The van der Waals surface area contributed by atoms with Crippen LogP contribution in [0.4, 0.5) is 5.69 Å². The molecule has 6 nitrogen and oxygen atoms in total. The Morgan fingerprint density at radius 2 is 1.69 bits per heavy atom. The van der Waals surface area contributed by atoms with E-state index in [2.05, 4.69) is 10.1 Å². The highest BCUT2D eigenvalue weighted by molar-refractivity contribution is 6.37. The fraction of sp³-hybridized carbons (Fsp3) is 0.300. The van der Waals surface area contributed by atoms with E-state index in [0.29, 0.717) is 23.1 Å². The van der Waals surface area contributed by atoms with E-state index in [1.165, 1.54) is 0 Å². The van der Waals surface area contributed by atoms with Gasteiger partial charge in [0.25, 0.3) is 0 Å². The number of hydrogen-bond donors (Lipinski definition) is 2. The summed E-state index contributed by atoms with van der Waals surface area (Å²) in [5.74, 6) is -0.507. The minimum Gasteiger partial charge on any atom is -0.504 e. The number of methoxy groups -OCH3 is 1. The minimum absolute atomic E-state index is 0.0677. The van der Waals surface area contributed by atoms with E-state index in [0.717, 1.165) is 23.8 Å². The maximum absolute atomic E-state index is 11.6. The predicted octanol–water partition coefficient (Wildman–Crippen LogP) is 4.04. The second-order valence-corrected chi connectivity index (χ2v) is 6.37. The van der Waals surface area contributed by atoms with Crippen LogP contribution in [0.2, 0.25) is 0 Å². The van der Waals surface area contributed by atoms with Crippen LogP contribution in [0.15, 0.2) is 30.3 Å². The number of carbonyl (C=O) groups is 2. The van der Waals surface area contributed by atoms with E-state index in [4.69, 9.17) is 4.74 Å². The average molecular weight is 357 g/mol. The Morgan fingerprint density at radius 1 is 1.08 bits per heavy atom. The third-order valence-electron chi connectivity index (χ3n) is 3.95. The first-order valence-corrected chi connectivity index (χ1v) is 8.24. The Balaban J connectivity index is 2.26. The van der Waals surface area contributed by atoms with Gasteiger partial charge in [0, 0.05) is 5.69 Å². The van der Waals surface area contributed by atoms with E-state index >= 15 is 0 Å². The standard InChI is InChI=1S/C20H23NO5/c1-11(2)14-6-7-17(16(22)10-14)26-18-12(3)8-15(9-13(18)4)21-19(23)20(24)25-5/h6-11,22H,1-5H3,(H,21,23). The Hall–Kier alpha value is -3.02. The first-order chi connectivity index (χ1) is 12.2. The largest absolute Gasteiger partial charge is 0.504 e. The highest BCUT2D eigenvalue weighted by Gasteiger charge is 2.16. The van der Waals surface area contributed by atoms with Crippen LogP contribution in [-0.2, 0) is 14.3 Å². The van der Waals surface area contributed by atoms with Crippen LogP contribution in [0.25, 0.3) is 0 Å². The van der Waals surface area contributed by atoms with Crippen molar-refractivity contribution in [2.75, 3.05) is 12.4 Å². The normalized spacial score (nSPS) is 10.5. The summed E-state index contributed by atoms with van der Waals surface area (Å²) in [6, 6.07) is 8.70. The van der Waals surface area contributed by atoms with E-state index in [1.807, 2.05) is 33.8 Å². The van der Waals surface area contributed by atoms with Crippen molar-refractivity contribution in [2.45, 2.75) is 33.6 Å². The molecule has 0 fully saturated rings. The van der Waals surface area contributed by atoms with Crippen LogP contribution < -0.4 is 10.1 Å². The molecule has 0 spiro atoms. The van der Waals surface area contributed by atoms with Crippen LogP contribution >= 0.6 is 0 Å². The molecule has 0 aliphatic heterocycles. The predicted molar refractivity (Wildman–Crippen MR) is 98.8 cm³/mol. The lowest BCUT2D eigenvalue weighted by atomic mass is 10.0. The number of rotatable bonds is 4. The van der Waals surface area contributed by atoms with Crippen LogP contribution in [0.1, 0.15) is 36.5 Å². The number of aryl methyl sites for hydroxylation is 2. The van der Waals surface area contributed by atoms with Crippen molar-refractivity contribution in [2.24, 2.45) is 0 Å². The molecule has 1 amide bonds. The molecular formula is C20H23NO5. The smallest absolute Gasteiger partial charge is 0.396 e. The first kappa shape index (κ1) is 19.3. The molecule has 0 saturated heterocycles. The van der Waals surface area contributed by atoms with Gasteiger partial charge in [-0.05, 0) is 60.7 Å². The van der Waals surface area contributed by atoms with E-state index in [9.17, 15) is 14.7 Å². The highest BCUT2D eigenvalue weighted by Crippen LogP contribution is 2.37. The molecule has 0 bridgehead atoms. The SMILES string of the molecule is COC(=O)C(=O)Nc1cc(C)c(Oc2ccc(C(C)C)cc2O)c(C)c1. The van der Waals surface area contributed by atoms with Gasteiger partial charge in [-0.1, -0.05) is 19.9 Å². The Bertz CT molecular complexity index is 819. The van der Waals surface area contributed by atoms with Gasteiger partial charge < -0.3 is 19.9 Å². The fourth-order valence-electron chi connectivity index (χ4n) is 2.55. The molecule has 0 aliphatic carbocycles. The van der Waals surface area contributed by atoms with Crippen molar-refractivity contribution in [3.8, 4) is 17.2 Å². The Morgan fingerprint density at radius 3 is 2.19 bits per heavy atom. The van der Waals surface area contributed by atoms with Crippen molar-refractivity contribution < 1.29 is 24.2 Å². The summed E-state index contributed by atoms with van der Waals surface area (Å²) in [6.07, 6.45) is 0. The molecule has 2 aromatic carbocycles. The van der Waals surface area contributed by atoms with Gasteiger partial charge in [0.2, 0.25) is 0 Å². The van der Waals surface area contributed by atoms with Crippen LogP contribution in [0, 0.1) is 13.8 Å². The zero-order valence-corrected chi connectivity index (χ0v) is 15.5. The molecule has 2 N–H and O–H groups in total. The maximum Gasteiger partial charge on any atom is 0.396 e. The van der Waals surface area contributed by atoms with Gasteiger partial charge in [-0.2, -0.15) is 0 Å². The number of amides is 1. The van der Waals surface area contributed by atoms with Crippen molar-refractivity contribution >= 4 is 17.6 Å². The first-order valence-electron chi connectivity index (χ1n) is 8.24. The Kier molecular flexibility index (Phi) is 5.87. The van der Waals surface area contributed by atoms with Gasteiger partial charge in [0.05, 0.1) is 7.11 Å². The number of phenols is 1. The Labute approximate surface area is 152 Å². The number of hydrogen-bond acceptors (Lipinski definition) is 5. The second-order valence-electron chi connectivity index (χ2n) is 6.37. The average Bonchev–Trinajstić information content (AvgIpc) is 2.58. The van der Waals surface area contributed by atoms with Gasteiger partial charge in [-0.25, -0.2) is 4.79 Å². The summed E-state index contributed by atoms with van der Waals surface area (Å²) in [4.78, 5) is 22.8. The van der Waals surface area contributed by atoms with Crippen molar-refractivity contribution in [3.05, 3.63) is 47.0 Å². The van der Waals surface area contributed by atoms with Gasteiger partial charge in [0.1, 0.15) is 5.75 Å². The lowest BCUT2D eigenvalue weighted by Crippen LogP contribution is -2.23. The summed E-state index contributed by atoms with van der Waals surface area (Å²) in [5, 5.41) is 12.7. The summed E-state index contributed by atoms with van der Waals surface area (Å²) >= 11 is 0. The topological polar surface area (TPSA) is 84.9 Å². The van der Waals surface area contributed by atoms with Crippen molar-refractivity contribution in [1.82, 2.24) is 0 Å². The summed E-state index contributed by atoms with van der Waals surface area (Å²) in [5.41, 5.74) is 2.97. The quantitative estimate of drug-likeness (QED) is 0.637. The molecule has 2 aromatic rings. The monoisotopic (exact) mass is 357 g/mol. The number of nitrogens with one attached hydrogen (secondary N) is 1. The lowest BCUT2D eigenvalue weighted by molar-refractivity contribution is -0.150. The minimum atomic E-state index is -0.962. The van der Waals surface area contributed by atoms with Gasteiger partial charge >= 0.3 is 11.9 Å². The number of aromatic hydroxyl groups is 1. The molecule has 0 aliphatic rings. The number of phenolic OH excluding ortho intramolecular Hbond substituents is 1. The molecule has 0 atom stereocenters. The van der Waals surface area contributed by atoms with Crippen LogP contribution in [-0.4, -0.2) is 24.1 Å². The zero-order chi connectivity index (χ0) is 19.4. The lowest BCUT2D eigenvalue weighted by Gasteiger charge is -2.16. The number of benzene rings is 2. The molecule has 138 valence electrons. The van der Waals surface area contributed by atoms with Crippen LogP contribution in [0.3, 0.4) is 0 Å². The fourth-order valence-corrected chi connectivity index (χ4v) is 2.55. The number of esters is 1. The molecule has 0 aromatic heterocycles. The molecule has 0 heterocycles. The number of ether oxygens (including phenoxy) is 2. The molecule has 0 saturated carbocycles. The summed E-state index contributed by atoms with van der Waals surface area (Å²) < 4.78 is 10.3. The van der Waals surface area contributed by atoms with Crippen molar-refractivity contribution in [1.29, 1.82) is 0 Å². The van der Waals surface area contributed by atoms with Gasteiger partial charge in [-0.3, -0.25) is 4.79 Å². The molecule has 0 unspecified atom stereocenters. The molecule has 26 heavy (non-hydrogen) atoms. The zero-order valence-electron chi connectivity index (χ0n) is 15.5. The van der Waals surface area contributed by atoms with E-state index in [1.54, 1.807) is 24.3 Å². The molecular weight excluding hydrogens is 334 g/mol. The van der Waals surface area contributed by atoms with Gasteiger partial charge in [-0.15, -0.1) is 0 Å². The second kappa shape index (κ2) is 7.91. The molecule has 2 rings (SSSR count). The third-order valence-corrected chi connectivity index (χ3v) is 3.95. The molecule has 6 heteroatoms. The number of anilines is 1. The molecule has 0 radical (unpaired) electrons. The van der Waals surface area contributed by atoms with E-state index < -0.39 is 11.9 Å². The van der Waals surface area contributed by atoms with Crippen molar-refractivity contribution in [3.63, 3.8) is 0 Å². The van der Waals surface area contributed by atoms with E-state index in [-0.39, 0.29) is 5.75 Å². The third kappa shape index (κ3) is 4.33. The number of carbonyl (C=O) groups excluding carboxylic acids is 2. The van der Waals surface area contributed by atoms with Gasteiger partial charge in [0.15, 0.2) is 11.5 Å². The summed E-state index contributed by atoms with van der Waals surface area (Å²) in [7, 11) is 1.15. The van der Waals surface area contributed by atoms with Crippen LogP contribution in [0.5, 0.6) is 17.2 Å². The highest BCUT2D eigenvalue weighted by atomic mass is 16.5. The maximum atomic E-state index is 11.6. The summed E-state index contributed by atoms with van der Waals surface area (Å²) in [6.45, 7) is 7.72.